The molecule has 1 aliphatic rings. The molecule has 130 valence electrons. The van der Waals surface area contributed by atoms with Crippen LogP contribution >= 0.6 is 11.3 Å². The predicted octanol–water partition coefficient (Wildman–Crippen LogP) is 2.72. The van der Waals surface area contributed by atoms with Crippen LogP contribution in [-0.2, 0) is 6.54 Å². The monoisotopic (exact) mass is 357 g/mol. The van der Waals surface area contributed by atoms with Crippen LogP contribution in [0, 0.1) is 10.1 Å². The van der Waals surface area contributed by atoms with E-state index in [1.165, 1.54) is 11.8 Å². The van der Waals surface area contributed by atoms with E-state index in [0.717, 1.165) is 37.7 Å². The molecule has 0 bridgehead atoms. The SMILES string of the molecule is CN1CCN(Cc2csc3nc(-c4ccccc4[N+](=O)[O-])cn23)CC1. The van der Waals surface area contributed by atoms with E-state index in [0.29, 0.717) is 11.3 Å². The predicted molar refractivity (Wildman–Crippen MR) is 97.9 cm³/mol. The first-order valence-electron chi connectivity index (χ1n) is 8.22. The molecular formula is C17H19N5O2S. The Morgan fingerprint density at radius 3 is 2.76 bits per heavy atom. The molecule has 0 amide bonds. The summed E-state index contributed by atoms with van der Waals surface area (Å²) >= 11 is 1.58. The third-order valence-corrected chi connectivity index (χ3v) is 5.53. The number of hydrogen-bond acceptors (Lipinski definition) is 6. The minimum absolute atomic E-state index is 0.0915. The Hall–Kier alpha value is -2.29. The van der Waals surface area contributed by atoms with Gasteiger partial charge in [0.05, 0.1) is 16.2 Å². The first-order valence-corrected chi connectivity index (χ1v) is 9.10. The van der Waals surface area contributed by atoms with Crippen molar-refractivity contribution in [1.82, 2.24) is 19.2 Å². The average Bonchev–Trinajstić information content (AvgIpc) is 3.19. The molecule has 7 nitrogen and oxygen atoms in total. The second-order valence-electron chi connectivity index (χ2n) is 6.36. The minimum Gasteiger partial charge on any atom is -0.304 e. The first kappa shape index (κ1) is 16.2. The lowest BCUT2D eigenvalue weighted by atomic mass is 10.1. The highest BCUT2D eigenvalue weighted by Crippen LogP contribution is 2.30. The number of likely N-dealkylation sites (N-methyl/N-ethyl adjacent to an activating group) is 1. The number of nitro groups is 1. The molecule has 0 aliphatic carbocycles. The average molecular weight is 357 g/mol. The quantitative estimate of drug-likeness (QED) is 0.530. The Bertz CT molecular complexity index is 911. The summed E-state index contributed by atoms with van der Waals surface area (Å²) in [5, 5.41) is 13.4. The minimum atomic E-state index is -0.353. The molecule has 1 fully saturated rings. The summed E-state index contributed by atoms with van der Waals surface area (Å²) < 4.78 is 2.06. The lowest BCUT2D eigenvalue weighted by Gasteiger charge is -2.32. The maximum Gasteiger partial charge on any atom is 0.278 e. The van der Waals surface area contributed by atoms with Gasteiger partial charge in [0, 0.05) is 56.1 Å². The maximum atomic E-state index is 11.3. The van der Waals surface area contributed by atoms with E-state index in [9.17, 15) is 10.1 Å². The van der Waals surface area contributed by atoms with E-state index in [2.05, 4.69) is 31.6 Å². The molecule has 0 saturated carbocycles. The fourth-order valence-electron chi connectivity index (χ4n) is 3.16. The van der Waals surface area contributed by atoms with Gasteiger partial charge in [-0.25, -0.2) is 4.98 Å². The zero-order valence-corrected chi connectivity index (χ0v) is 14.8. The van der Waals surface area contributed by atoms with Crippen molar-refractivity contribution in [2.75, 3.05) is 33.2 Å². The fourth-order valence-corrected chi connectivity index (χ4v) is 4.02. The van der Waals surface area contributed by atoms with E-state index in [-0.39, 0.29) is 10.6 Å². The molecule has 3 heterocycles. The third kappa shape index (κ3) is 3.15. The van der Waals surface area contributed by atoms with Gasteiger partial charge in [0.15, 0.2) is 4.96 Å². The first-order chi connectivity index (χ1) is 12.1. The van der Waals surface area contributed by atoms with Crippen molar-refractivity contribution in [2.24, 2.45) is 0 Å². The molecule has 1 aromatic carbocycles. The lowest BCUT2D eigenvalue weighted by molar-refractivity contribution is -0.384. The number of benzene rings is 1. The van der Waals surface area contributed by atoms with Crippen molar-refractivity contribution < 1.29 is 4.92 Å². The van der Waals surface area contributed by atoms with Gasteiger partial charge in [-0.1, -0.05) is 12.1 Å². The summed E-state index contributed by atoms with van der Waals surface area (Å²) in [6.45, 7) is 5.15. The highest BCUT2D eigenvalue weighted by molar-refractivity contribution is 7.15. The third-order valence-electron chi connectivity index (χ3n) is 4.64. The van der Waals surface area contributed by atoms with Crippen LogP contribution in [0.2, 0.25) is 0 Å². The summed E-state index contributed by atoms with van der Waals surface area (Å²) in [6, 6.07) is 6.76. The van der Waals surface area contributed by atoms with E-state index < -0.39 is 0 Å². The van der Waals surface area contributed by atoms with Crippen LogP contribution in [0.1, 0.15) is 5.69 Å². The summed E-state index contributed by atoms with van der Waals surface area (Å²) in [7, 11) is 2.15. The molecule has 4 rings (SSSR count). The van der Waals surface area contributed by atoms with Crippen molar-refractivity contribution in [1.29, 1.82) is 0 Å². The van der Waals surface area contributed by atoms with E-state index in [1.807, 2.05) is 6.20 Å². The van der Waals surface area contributed by atoms with Crippen LogP contribution in [0.5, 0.6) is 0 Å². The molecule has 0 radical (unpaired) electrons. The van der Waals surface area contributed by atoms with Crippen molar-refractivity contribution in [3.05, 3.63) is 51.7 Å². The van der Waals surface area contributed by atoms with Crippen molar-refractivity contribution in [3.63, 3.8) is 0 Å². The van der Waals surface area contributed by atoms with Crippen LogP contribution < -0.4 is 0 Å². The van der Waals surface area contributed by atoms with Crippen LogP contribution in [0.25, 0.3) is 16.2 Å². The molecule has 0 atom stereocenters. The zero-order chi connectivity index (χ0) is 17.4. The molecule has 8 heteroatoms. The van der Waals surface area contributed by atoms with Crippen molar-refractivity contribution in [2.45, 2.75) is 6.54 Å². The van der Waals surface area contributed by atoms with Crippen molar-refractivity contribution in [3.8, 4) is 11.3 Å². The molecule has 0 spiro atoms. The Morgan fingerprint density at radius 2 is 2.00 bits per heavy atom. The summed E-state index contributed by atoms with van der Waals surface area (Å²) in [5.74, 6) is 0. The topological polar surface area (TPSA) is 66.9 Å². The van der Waals surface area contributed by atoms with Crippen LogP contribution in [-0.4, -0.2) is 57.3 Å². The largest absolute Gasteiger partial charge is 0.304 e. The van der Waals surface area contributed by atoms with Crippen molar-refractivity contribution >= 4 is 22.0 Å². The molecule has 25 heavy (non-hydrogen) atoms. The molecule has 2 aromatic heterocycles. The zero-order valence-electron chi connectivity index (χ0n) is 14.0. The number of rotatable bonds is 4. The molecular weight excluding hydrogens is 338 g/mol. The Morgan fingerprint density at radius 1 is 1.24 bits per heavy atom. The number of imidazole rings is 1. The highest BCUT2D eigenvalue weighted by atomic mass is 32.1. The molecule has 0 N–H and O–H groups in total. The van der Waals surface area contributed by atoms with Gasteiger partial charge in [-0.3, -0.25) is 19.4 Å². The van der Waals surface area contributed by atoms with Gasteiger partial charge in [0.1, 0.15) is 0 Å². The normalized spacial score (nSPS) is 16.5. The van der Waals surface area contributed by atoms with E-state index >= 15 is 0 Å². The Kier molecular flexibility index (Phi) is 4.24. The number of fused-ring (bicyclic) bond motifs is 1. The van der Waals surface area contributed by atoms with Gasteiger partial charge < -0.3 is 4.90 Å². The maximum absolute atomic E-state index is 11.3. The molecule has 1 aliphatic heterocycles. The summed E-state index contributed by atoms with van der Waals surface area (Å²) in [4.78, 5) is 21.2. The van der Waals surface area contributed by atoms with Gasteiger partial charge in [0.25, 0.3) is 5.69 Å². The number of para-hydroxylation sites is 1. The number of hydrogen-bond donors (Lipinski definition) is 0. The number of thiazole rings is 1. The smallest absolute Gasteiger partial charge is 0.278 e. The van der Waals surface area contributed by atoms with E-state index in [4.69, 9.17) is 0 Å². The number of nitrogens with zero attached hydrogens (tertiary/aromatic N) is 5. The van der Waals surface area contributed by atoms with Gasteiger partial charge in [-0.15, -0.1) is 11.3 Å². The Balaban J connectivity index is 1.64. The summed E-state index contributed by atoms with van der Waals surface area (Å²) in [5.41, 5.74) is 2.49. The number of nitro benzene ring substituents is 1. The highest BCUT2D eigenvalue weighted by Gasteiger charge is 2.20. The van der Waals surface area contributed by atoms with Gasteiger partial charge in [-0.2, -0.15) is 0 Å². The van der Waals surface area contributed by atoms with Crippen LogP contribution in [0.15, 0.2) is 35.8 Å². The Labute approximate surface area is 149 Å². The molecule has 1 saturated heterocycles. The molecule has 3 aromatic rings. The second kappa shape index (κ2) is 6.55. The second-order valence-corrected chi connectivity index (χ2v) is 7.20. The lowest BCUT2D eigenvalue weighted by Crippen LogP contribution is -2.44. The number of piperazine rings is 1. The standard InChI is InChI=1S/C17H19N5O2S/c1-19-6-8-20(9-7-19)10-13-12-25-17-18-15(11-21(13)17)14-4-2-3-5-16(14)22(23)24/h2-5,11-12H,6-10H2,1H3. The molecule has 0 unspecified atom stereocenters. The van der Waals surface area contributed by atoms with Gasteiger partial charge in [-0.05, 0) is 13.1 Å². The van der Waals surface area contributed by atoms with Gasteiger partial charge in [0.2, 0.25) is 0 Å². The number of aromatic nitrogens is 2. The fraction of sp³-hybridized carbons (Fsp3) is 0.353. The van der Waals surface area contributed by atoms with Crippen LogP contribution in [0.3, 0.4) is 0 Å². The van der Waals surface area contributed by atoms with E-state index in [1.54, 1.807) is 29.5 Å². The van der Waals surface area contributed by atoms with Gasteiger partial charge >= 0.3 is 0 Å². The summed E-state index contributed by atoms with van der Waals surface area (Å²) in [6.07, 6.45) is 1.92. The van der Waals surface area contributed by atoms with Crippen LogP contribution in [0.4, 0.5) is 5.69 Å².